The van der Waals surface area contributed by atoms with E-state index in [4.69, 9.17) is 0 Å². The highest BCUT2D eigenvalue weighted by Crippen LogP contribution is 2.39. The van der Waals surface area contributed by atoms with Crippen LogP contribution in [-0.2, 0) is 9.59 Å². The minimum absolute atomic E-state index is 0.295. The zero-order chi connectivity index (χ0) is 16.2. The summed E-state index contributed by atoms with van der Waals surface area (Å²) in [5.41, 5.74) is 0. The van der Waals surface area contributed by atoms with Crippen molar-refractivity contribution >= 4 is 30.4 Å². The first-order valence-corrected chi connectivity index (χ1v) is 8.71. The molecule has 0 aromatic carbocycles. The Bertz CT molecular complexity index is 434. The third-order valence-corrected chi connectivity index (χ3v) is 5.71. The van der Waals surface area contributed by atoms with Gasteiger partial charge >= 0.3 is 5.97 Å². The van der Waals surface area contributed by atoms with Gasteiger partial charge < -0.3 is 14.8 Å². The van der Waals surface area contributed by atoms with Gasteiger partial charge in [-0.05, 0) is 26.7 Å². The lowest BCUT2D eigenvalue weighted by atomic mass is 10.0. The molecular weight excluding hydrogens is 302 g/mol. The van der Waals surface area contributed by atoms with Crippen LogP contribution in [0, 0.1) is 0 Å². The lowest BCUT2D eigenvalue weighted by Gasteiger charge is -2.21. The fourth-order valence-electron chi connectivity index (χ4n) is 2.90. The number of hydrogen-bond acceptors (Lipinski definition) is 5. The van der Waals surface area contributed by atoms with Crippen molar-refractivity contribution in [3.63, 3.8) is 0 Å². The van der Waals surface area contributed by atoms with Gasteiger partial charge in [0.2, 0.25) is 0 Å². The van der Waals surface area contributed by atoms with Gasteiger partial charge in [0, 0.05) is 17.8 Å². The van der Waals surface area contributed by atoms with Gasteiger partial charge in [-0.25, -0.2) is 0 Å². The van der Waals surface area contributed by atoms with Crippen molar-refractivity contribution in [2.24, 2.45) is 4.99 Å². The molecule has 6 nitrogen and oxygen atoms in total. The number of carbonyl (C=O) groups excluding carboxylic acids is 1. The van der Waals surface area contributed by atoms with E-state index in [2.05, 4.69) is 15.2 Å². The van der Waals surface area contributed by atoms with Gasteiger partial charge in [0.25, 0.3) is 0 Å². The van der Waals surface area contributed by atoms with Crippen LogP contribution >= 0.6 is 11.8 Å². The number of carbonyl (C=O) groups is 2. The van der Waals surface area contributed by atoms with Gasteiger partial charge in [-0.15, -0.1) is 11.8 Å². The first kappa shape index (κ1) is 17.3. The second kappa shape index (κ2) is 7.46. The van der Waals surface area contributed by atoms with E-state index in [9.17, 15) is 14.7 Å². The Morgan fingerprint density at radius 2 is 2.00 bits per heavy atom. The fourth-order valence-corrected chi connectivity index (χ4v) is 4.34. The minimum Gasteiger partial charge on any atom is -0.480 e. The number of carboxylic acid groups (broad SMARTS) is 1. The summed E-state index contributed by atoms with van der Waals surface area (Å²) >= 11 is 1.47. The van der Waals surface area contributed by atoms with E-state index >= 15 is 0 Å². The summed E-state index contributed by atoms with van der Waals surface area (Å²) in [6.07, 6.45) is 7.38. The van der Waals surface area contributed by atoms with Crippen LogP contribution in [0.5, 0.6) is 0 Å². The smallest absolute Gasteiger partial charge is 0.322 e. The molecule has 2 saturated heterocycles. The number of thioether (sulfide) groups is 1. The van der Waals surface area contributed by atoms with E-state index < -0.39 is 22.8 Å². The van der Waals surface area contributed by atoms with E-state index in [1.807, 2.05) is 13.8 Å². The minimum atomic E-state index is -0.888. The molecule has 0 saturated carbocycles. The molecule has 0 radical (unpaired) electrons. The normalized spacial score (nSPS) is 30.2. The van der Waals surface area contributed by atoms with Gasteiger partial charge in [-0.2, -0.15) is 0 Å². The standard InChI is InChI=1S/C15H25N3O3S/c1-15(2)12(14(20)21)17-13(22-15)11(9-19)16-10-18-7-5-3-4-6-8-18/h9-13,17H,3-8H2,1-2H3,(H,20,21)/t11-,12+,13-/m1/s1. The van der Waals surface area contributed by atoms with E-state index in [1.165, 1.54) is 24.6 Å². The van der Waals surface area contributed by atoms with Crippen molar-refractivity contribution in [1.29, 1.82) is 0 Å². The highest BCUT2D eigenvalue weighted by Gasteiger charge is 2.47. The molecule has 0 aliphatic carbocycles. The molecule has 2 aliphatic rings. The summed E-state index contributed by atoms with van der Waals surface area (Å²) in [6, 6.07) is -1.23. The second-order valence-corrected chi connectivity index (χ2v) is 8.22. The zero-order valence-corrected chi connectivity index (χ0v) is 14.0. The predicted molar refractivity (Wildman–Crippen MR) is 88.4 cm³/mol. The summed E-state index contributed by atoms with van der Waals surface area (Å²) in [6.45, 7) is 5.71. The highest BCUT2D eigenvalue weighted by molar-refractivity contribution is 8.01. The molecule has 2 heterocycles. The average molecular weight is 327 g/mol. The largest absolute Gasteiger partial charge is 0.480 e. The Kier molecular flexibility index (Phi) is 5.86. The molecule has 0 aromatic heterocycles. The number of aliphatic carboxylic acids is 1. The number of likely N-dealkylation sites (tertiary alicyclic amines) is 1. The van der Waals surface area contributed by atoms with Crippen LogP contribution in [0.1, 0.15) is 39.5 Å². The van der Waals surface area contributed by atoms with Crippen LogP contribution in [0.25, 0.3) is 0 Å². The highest BCUT2D eigenvalue weighted by atomic mass is 32.2. The maximum atomic E-state index is 11.4. The Labute approximate surface area is 135 Å². The first-order chi connectivity index (χ1) is 10.4. The number of nitrogens with one attached hydrogen (secondary N) is 1. The third kappa shape index (κ3) is 4.23. The third-order valence-electron chi connectivity index (χ3n) is 4.20. The van der Waals surface area contributed by atoms with Crippen molar-refractivity contribution < 1.29 is 14.7 Å². The number of nitrogens with zero attached hydrogens (tertiary/aromatic N) is 2. The molecule has 0 unspecified atom stereocenters. The Morgan fingerprint density at radius 3 is 2.50 bits per heavy atom. The number of hydrogen-bond donors (Lipinski definition) is 2. The molecule has 2 N–H and O–H groups in total. The Balaban J connectivity index is 1.99. The molecule has 2 rings (SSSR count). The summed E-state index contributed by atoms with van der Waals surface area (Å²) in [4.78, 5) is 29.3. The Morgan fingerprint density at radius 1 is 1.36 bits per heavy atom. The van der Waals surface area contributed by atoms with Crippen molar-refractivity contribution in [3.8, 4) is 0 Å². The molecule has 124 valence electrons. The number of carboxylic acids is 1. The summed E-state index contributed by atoms with van der Waals surface area (Å²) in [7, 11) is 0. The van der Waals surface area contributed by atoms with E-state index in [1.54, 1.807) is 6.34 Å². The maximum absolute atomic E-state index is 11.4. The first-order valence-electron chi connectivity index (χ1n) is 7.83. The molecule has 0 spiro atoms. The molecule has 7 heteroatoms. The SMILES string of the molecule is CC1(C)S[C@H]([C@@H](C=O)N=CN2CCCCCC2)N[C@H]1C(=O)O. The van der Waals surface area contributed by atoms with Crippen LogP contribution in [0.2, 0.25) is 0 Å². The lowest BCUT2D eigenvalue weighted by Crippen LogP contribution is -2.46. The molecular formula is C15H25N3O3S. The van der Waals surface area contributed by atoms with E-state index in [0.717, 1.165) is 32.2 Å². The van der Waals surface area contributed by atoms with E-state index in [-0.39, 0.29) is 5.37 Å². The molecule has 22 heavy (non-hydrogen) atoms. The van der Waals surface area contributed by atoms with Crippen molar-refractivity contribution in [2.45, 2.75) is 61.7 Å². The van der Waals surface area contributed by atoms with Gasteiger partial charge in [0.1, 0.15) is 18.4 Å². The van der Waals surface area contributed by atoms with Crippen LogP contribution < -0.4 is 5.32 Å². The van der Waals surface area contributed by atoms with Crippen molar-refractivity contribution in [1.82, 2.24) is 10.2 Å². The van der Waals surface area contributed by atoms with Gasteiger partial charge in [0.15, 0.2) is 0 Å². The van der Waals surface area contributed by atoms with Crippen molar-refractivity contribution in [2.75, 3.05) is 13.1 Å². The molecule has 0 amide bonds. The quantitative estimate of drug-likeness (QED) is 0.451. The molecule has 0 aromatic rings. The van der Waals surface area contributed by atoms with Crippen LogP contribution in [0.4, 0.5) is 0 Å². The number of aliphatic imine (C=N–C) groups is 1. The maximum Gasteiger partial charge on any atom is 0.322 e. The average Bonchev–Trinajstić information content (AvgIpc) is 2.64. The summed E-state index contributed by atoms with van der Waals surface area (Å²) < 4.78 is -0.462. The molecule has 3 atom stereocenters. The summed E-state index contributed by atoms with van der Waals surface area (Å²) in [5.74, 6) is -0.888. The van der Waals surface area contributed by atoms with Gasteiger partial charge in [-0.1, -0.05) is 12.8 Å². The fraction of sp³-hybridized carbons (Fsp3) is 0.800. The van der Waals surface area contributed by atoms with Crippen LogP contribution in [0.3, 0.4) is 0 Å². The molecule has 2 fully saturated rings. The lowest BCUT2D eigenvalue weighted by molar-refractivity contribution is -0.140. The Hall–Kier alpha value is -1.08. The zero-order valence-electron chi connectivity index (χ0n) is 13.2. The topological polar surface area (TPSA) is 82.0 Å². The monoisotopic (exact) mass is 327 g/mol. The molecule has 0 bridgehead atoms. The predicted octanol–water partition coefficient (Wildman–Crippen LogP) is 1.35. The van der Waals surface area contributed by atoms with Crippen molar-refractivity contribution in [3.05, 3.63) is 0 Å². The summed E-state index contributed by atoms with van der Waals surface area (Å²) in [5, 5.41) is 12.0. The number of aldehydes is 1. The van der Waals surface area contributed by atoms with Crippen LogP contribution in [-0.4, -0.2) is 63.9 Å². The van der Waals surface area contributed by atoms with Crippen LogP contribution in [0.15, 0.2) is 4.99 Å². The van der Waals surface area contributed by atoms with Gasteiger partial charge in [0.05, 0.1) is 11.7 Å². The molecule has 2 aliphatic heterocycles. The van der Waals surface area contributed by atoms with E-state index in [0.29, 0.717) is 0 Å². The second-order valence-electron chi connectivity index (χ2n) is 6.42. The number of rotatable bonds is 5. The van der Waals surface area contributed by atoms with Gasteiger partial charge in [-0.3, -0.25) is 15.1 Å².